The molecular weight excluding hydrogens is 299 g/mol. The Morgan fingerprint density at radius 2 is 2.19 bits per heavy atom. The van der Waals surface area contributed by atoms with E-state index >= 15 is 0 Å². The van der Waals surface area contributed by atoms with Gasteiger partial charge in [-0.2, -0.15) is 0 Å². The maximum absolute atomic E-state index is 13.1. The van der Waals surface area contributed by atoms with Crippen LogP contribution in [0.4, 0.5) is 14.9 Å². The summed E-state index contributed by atoms with van der Waals surface area (Å²) in [5.74, 6) is -1.49. The molecule has 1 unspecified atom stereocenters. The summed E-state index contributed by atoms with van der Waals surface area (Å²) in [7, 11) is 0. The number of rotatable bonds is 3. The van der Waals surface area contributed by atoms with E-state index < -0.39 is 11.8 Å². The van der Waals surface area contributed by atoms with Crippen molar-refractivity contribution >= 4 is 29.3 Å². The summed E-state index contributed by atoms with van der Waals surface area (Å²) >= 11 is 5.66. The standard InChI is InChI=1S/C14H16ClFN2O3/c15-11-7-9(4-5-12(11)16)17-14(21)18-6-2-1-3-10(18)8-13(19)20/h4-5,7,10H,1-3,6,8H2,(H,17,21)(H,19,20). The predicted molar refractivity (Wildman–Crippen MR) is 77.0 cm³/mol. The molecule has 1 aromatic carbocycles. The summed E-state index contributed by atoms with van der Waals surface area (Å²) in [4.78, 5) is 24.6. The molecule has 0 aliphatic carbocycles. The van der Waals surface area contributed by atoms with Crippen LogP contribution in [-0.4, -0.2) is 34.6 Å². The van der Waals surface area contributed by atoms with Crippen LogP contribution < -0.4 is 5.32 Å². The van der Waals surface area contributed by atoms with Gasteiger partial charge in [0.05, 0.1) is 11.4 Å². The molecule has 1 heterocycles. The van der Waals surface area contributed by atoms with Crippen LogP contribution in [0.3, 0.4) is 0 Å². The highest BCUT2D eigenvalue weighted by molar-refractivity contribution is 6.31. The lowest BCUT2D eigenvalue weighted by atomic mass is 10.00. The van der Waals surface area contributed by atoms with Gasteiger partial charge in [0.2, 0.25) is 0 Å². The normalized spacial score (nSPS) is 18.4. The van der Waals surface area contributed by atoms with E-state index in [1.54, 1.807) is 0 Å². The van der Waals surface area contributed by atoms with Gasteiger partial charge in [-0.3, -0.25) is 4.79 Å². The minimum Gasteiger partial charge on any atom is -0.481 e. The minimum atomic E-state index is -0.926. The van der Waals surface area contributed by atoms with E-state index in [1.807, 2.05) is 0 Å². The van der Waals surface area contributed by atoms with E-state index in [0.29, 0.717) is 18.7 Å². The molecule has 1 saturated heterocycles. The van der Waals surface area contributed by atoms with Gasteiger partial charge in [0.15, 0.2) is 0 Å². The number of amides is 2. The lowest BCUT2D eigenvalue weighted by Gasteiger charge is -2.34. The van der Waals surface area contributed by atoms with Gasteiger partial charge in [0, 0.05) is 18.3 Å². The first-order valence-corrected chi connectivity index (χ1v) is 7.09. The third kappa shape index (κ3) is 4.07. The van der Waals surface area contributed by atoms with Crippen molar-refractivity contribution in [1.82, 2.24) is 4.90 Å². The van der Waals surface area contributed by atoms with Gasteiger partial charge in [-0.25, -0.2) is 9.18 Å². The number of nitrogens with one attached hydrogen (secondary N) is 1. The average molecular weight is 315 g/mol. The Morgan fingerprint density at radius 1 is 1.43 bits per heavy atom. The van der Waals surface area contributed by atoms with E-state index in [2.05, 4.69) is 5.32 Å². The molecule has 7 heteroatoms. The van der Waals surface area contributed by atoms with Crippen LogP contribution in [0.25, 0.3) is 0 Å². The Kier molecular flexibility index (Phi) is 5.01. The van der Waals surface area contributed by atoms with Crippen LogP contribution in [0, 0.1) is 5.82 Å². The SMILES string of the molecule is O=C(O)CC1CCCCN1C(=O)Nc1ccc(F)c(Cl)c1. The van der Waals surface area contributed by atoms with Crippen molar-refractivity contribution < 1.29 is 19.1 Å². The fraction of sp³-hybridized carbons (Fsp3) is 0.429. The summed E-state index contributed by atoms with van der Waals surface area (Å²) in [6.07, 6.45) is 2.35. The van der Waals surface area contributed by atoms with Crippen molar-refractivity contribution in [3.63, 3.8) is 0 Å². The summed E-state index contributed by atoms with van der Waals surface area (Å²) in [6, 6.07) is 3.21. The van der Waals surface area contributed by atoms with Gasteiger partial charge in [-0.15, -0.1) is 0 Å². The molecule has 1 aliphatic heterocycles. The van der Waals surface area contributed by atoms with Gasteiger partial charge in [0.1, 0.15) is 5.82 Å². The molecular formula is C14H16ClFN2O3. The number of carbonyl (C=O) groups excluding carboxylic acids is 1. The zero-order valence-corrected chi connectivity index (χ0v) is 12.1. The number of halogens is 2. The molecule has 1 atom stereocenters. The number of urea groups is 1. The van der Waals surface area contributed by atoms with E-state index in [1.165, 1.54) is 23.1 Å². The molecule has 1 aliphatic rings. The third-order valence-corrected chi connectivity index (χ3v) is 3.76. The molecule has 1 aromatic rings. The first kappa shape index (κ1) is 15.6. The third-order valence-electron chi connectivity index (χ3n) is 3.47. The number of piperidine rings is 1. The van der Waals surface area contributed by atoms with Crippen molar-refractivity contribution in [2.45, 2.75) is 31.7 Å². The topological polar surface area (TPSA) is 69.6 Å². The van der Waals surface area contributed by atoms with Crippen molar-refractivity contribution in [2.75, 3.05) is 11.9 Å². The highest BCUT2D eigenvalue weighted by atomic mass is 35.5. The highest BCUT2D eigenvalue weighted by Gasteiger charge is 2.28. The lowest BCUT2D eigenvalue weighted by Crippen LogP contribution is -2.46. The molecule has 2 amide bonds. The van der Waals surface area contributed by atoms with Crippen molar-refractivity contribution in [3.8, 4) is 0 Å². The van der Waals surface area contributed by atoms with E-state index in [9.17, 15) is 14.0 Å². The van der Waals surface area contributed by atoms with Gasteiger partial charge < -0.3 is 15.3 Å². The maximum atomic E-state index is 13.1. The molecule has 1 fully saturated rings. The Hall–Kier alpha value is -1.82. The van der Waals surface area contributed by atoms with E-state index in [-0.39, 0.29) is 23.5 Å². The fourth-order valence-corrected chi connectivity index (χ4v) is 2.63. The number of carboxylic acid groups (broad SMARTS) is 1. The largest absolute Gasteiger partial charge is 0.481 e. The Labute approximate surface area is 126 Å². The van der Waals surface area contributed by atoms with Gasteiger partial charge in [-0.05, 0) is 37.5 Å². The second-order valence-corrected chi connectivity index (χ2v) is 5.41. The molecule has 0 bridgehead atoms. The number of aliphatic carboxylic acids is 1. The van der Waals surface area contributed by atoms with Crippen LogP contribution in [0.5, 0.6) is 0 Å². The number of carboxylic acids is 1. The van der Waals surface area contributed by atoms with Crippen molar-refractivity contribution in [1.29, 1.82) is 0 Å². The second kappa shape index (κ2) is 6.76. The zero-order valence-electron chi connectivity index (χ0n) is 11.3. The fourth-order valence-electron chi connectivity index (χ4n) is 2.45. The summed E-state index contributed by atoms with van der Waals surface area (Å²) < 4.78 is 13.1. The first-order chi connectivity index (χ1) is 9.97. The zero-order chi connectivity index (χ0) is 15.4. The van der Waals surface area contributed by atoms with Gasteiger partial charge in [0.25, 0.3) is 0 Å². The number of likely N-dealkylation sites (tertiary alicyclic amines) is 1. The number of anilines is 1. The lowest BCUT2D eigenvalue weighted by molar-refractivity contribution is -0.138. The van der Waals surface area contributed by atoms with E-state index in [0.717, 1.165) is 12.8 Å². The average Bonchev–Trinajstić information content (AvgIpc) is 2.43. The van der Waals surface area contributed by atoms with E-state index in [4.69, 9.17) is 16.7 Å². The smallest absolute Gasteiger partial charge is 0.322 e. The molecule has 0 radical (unpaired) electrons. The Balaban J connectivity index is 2.06. The molecule has 0 saturated carbocycles. The minimum absolute atomic E-state index is 0.0718. The quantitative estimate of drug-likeness (QED) is 0.899. The molecule has 0 spiro atoms. The van der Waals surface area contributed by atoms with Gasteiger partial charge in [-0.1, -0.05) is 11.6 Å². The van der Waals surface area contributed by atoms with Crippen LogP contribution in [0.1, 0.15) is 25.7 Å². The van der Waals surface area contributed by atoms with Crippen LogP contribution >= 0.6 is 11.6 Å². The monoisotopic (exact) mass is 314 g/mol. The van der Waals surface area contributed by atoms with Crippen molar-refractivity contribution in [2.24, 2.45) is 0 Å². The number of hydrogen-bond acceptors (Lipinski definition) is 2. The molecule has 0 aromatic heterocycles. The first-order valence-electron chi connectivity index (χ1n) is 6.72. The van der Waals surface area contributed by atoms with Crippen LogP contribution in [0.15, 0.2) is 18.2 Å². The molecule has 21 heavy (non-hydrogen) atoms. The van der Waals surface area contributed by atoms with Crippen molar-refractivity contribution in [3.05, 3.63) is 29.0 Å². The Morgan fingerprint density at radius 3 is 2.86 bits per heavy atom. The molecule has 2 rings (SSSR count). The number of benzene rings is 1. The predicted octanol–water partition coefficient (Wildman–Crippen LogP) is 3.34. The maximum Gasteiger partial charge on any atom is 0.322 e. The van der Waals surface area contributed by atoms with Crippen LogP contribution in [0.2, 0.25) is 5.02 Å². The van der Waals surface area contributed by atoms with Crippen LogP contribution in [-0.2, 0) is 4.79 Å². The Bertz CT molecular complexity index is 553. The summed E-state index contributed by atoms with van der Waals surface area (Å²) in [5.41, 5.74) is 0.381. The number of carbonyl (C=O) groups is 2. The highest BCUT2D eigenvalue weighted by Crippen LogP contribution is 2.23. The molecule has 5 nitrogen and oxygen atoms in total. The summed E-state index contributed by atoms with van der Waals surface area (Å²) in [6.45, 7) is 0.513. The number of hydrogen-bond donors (Lipinski definition) is 2. The molecule has 114 valence electrons. The molecule has 2 N–H and O–H groups in total. The number of nitrogens with zero attached hydrogens (tertiary/aromatic N) is 1. The second-order valence-electron chi connectivity index (χ2n) is 5.00. The summed E-state index contributed by atoms with van der Waals surface area (Å²) in [5, 5.41) is 11.5. The van der Waals surface area contributed by atoms with Gasteiger partial charge >= 0.3 is 12.0 Å².